The van der Waals surface area contributed by atoms with Crippen molar-refractivity contribution in [2.24, 2.45) is 17.8 Å². The van der Waals surface area contributed by atoms with Crippen molar-refractivity contribution in [1.29, 1.82) is 0 Å². The van der Waals surface area contributed by atoms with Crippen LogP contribution in [-0.2, 0) is 19.1 Å². The zero-order valence-electron chi connectivity index (χ0n) is 23.3. The Hall–Kier alpha value is -3.49. The van der Waals surface area contributed by atoms with E-state index in [0.717, 1.165) is 22.9 Å². The number of aliphatic hydroxyl groups is 1. The van der Waals surface area contributed by atoms with E-state index in [-0.39, 0.29) is 30.2 Å². The molecular weight excluding hydrogens is 506 g/mol. The van der Waals surface area contributed by atoms with E-state index in [0.29, 0.717) is 19.6 Å². The molecule has 1 N–H and O–H groups in total. The molecule has 2 aromatic carbocycles. The maximum atomic E-state index is 14.6. The van der Waals surface area contributed by atoms with Gasteiger partial charge in [-0.1, -0.05) is 75.4 Å². The number of fused-ring (bicyclic) bond motifs is 3. The highest BCUT2D eigenvalue weighted by atomic mass is 16.5. The summed E-state index contributed by atoms with van der Waals surface area (Å²) in [4.78, 5) is 48.0. The molecule has 2 saturated heterocycles. The summed E-state index contributed by atoms with van der Waals surface area (Å²) in [5, 5.41) is 12.5. The second kappa shape index (κ2) is 10.2. The fourth-order valence-electron chi connectivity index (χ4n) is 7.15. The molecule has 2 fully saturated rings. The van der Waals surface area contributed by atoms with Gasteiger partial charge in [0.25, 0.3) is 5.91 Å². The van der Waals surface area contributed by atoms with Crippen LogP contribution in [0.2, 0.25) is 0 Å². The molecule has 0 saturated carbocycles. The van der Waals surface area contributed by atoms with Crippen molar-refractivity contribution >= 4 is 34.2 Å². The second-order valence-corrected chi connectivity index (χ2v) is 11.7. The highest BCUT2D eigenvalue weighted by Crippen LogP contribution is 2.54. The number of carbonyl (C=O) groups excluding carboxylic acids is 3. The lowest BCUT2D eigenvalue weighted by Crippen LogP contribution is -2.59. The SMILES string of the molecule is CCCN1CC=C[C@@H]2O[C@]34C=CCN(c5ccc6ccccc6c5)C(=O)C3N([C@@H](CO)C(C)C)C(=O)[C@@H]4[C@@H]2C1=O. The molecule has 1 spiro atoms. The lowest BCUT2D eigenvalue weighted by molar-refractivity contribution is -0.147. The Balaban J connectivity index is 1.48. The smallest absolute Gasteiger partial charge is 0.253 e. The molecule has 8 nitrogen and oxygen atoms in total. The lowest BCUT2D eigenvalue weighted by Gasteiger charge is -2.39. The van der Waals surface area contributed by atoms with Crippen molar-refractivity contribution in [1.82, 2.24) is 9.80 Å². The summed E-state index contributed by atoms with van der Waals surface area (Å²) < 4.78 is 6.72. The summed E-state index contributed by atoms with van der Waals surface area (Å²) in [6.07, 6.45) is 7.76. The first kappa shape index (κ1) is 26.7. The van der Waals surface area contributed by atoms with E-state index in [4.69, 9.17) is 4.74 Å². The summed E-state index contributed by atoms with van der Waals surface area (Å²) in [6.45, 7) is 6.95. The Bertz CT molecular complexity index is 1400. The molecule has 0 aliphatic carbocycles. The van der Waals surface area contributed by atoms with Crippen LogP contribution >= 0.6 is 0 Å². The first-order chi connectivity index (χ1) is 19.3. The molecule has 210 valence electrons. The van der Waals surface area contributed by atoms with E-state index in [9.17, 15) is 19.5 Å². The normalized spacial score (nSPS) is 30.5. The number of carbonyl (C=O) groups is 3. The van der Waals surface area contributed by atoms with Gasteiger partial charge < -0.3 is 24.5 Å². The number of ether oxygens (including phenoxy) is 1. The van der Waals surface area contributed by atoms with Gasteiger partial charge >= 0.3 is 0 Å². The standard InChI is InChI=1S/C32H37N3O5/c1-4-15-33-16-7-11-25-26(29(33)37)27-30(38)35(24(19-36)20(2)3)28-31(39)34(17-8-14-32(27,28)40-25)23-13-12-21-9-5-6-10-22(21)18-23/h5-14,18,20,24-28,36H,4,15-17,19H2,1-3H3/t24-,25-,26+,27-,28?,32-/m0/s1. The summed E-state index contributed by atoms with van der Waals surface area (Å²) >= 11 is 0. The van der Waals surface area contributed by atoms with Crippen LogP contribution in [0.25, 0.3) is 10.8 Å². The molecule has 4 aliphatic rings. The first-order valence-corrected chi connectivity index (χ1v) is 14.4. The van der Waals surface area contributed by atoms with Gasteiger partial charge in [-0.25, -0.2) is 0 Å². The Labute approximate surface area is 234 Å². The Kier molecular flexibility index (Phi) is 6.79. The van der Waals surface area contributed by atoms with Crippen LogP contribution < -0.4 is 4.90 Å². The van der Waals surface area contributed by atoms with E-state index in [2.05, 4.69) is 0 Å². The molecule has 0 radical (unpaired) electrons. The lowest BCUT2D eigenvalue weighted by atomic mass is 9.77. The number of amides is 3. The summed E-state index contributed by atoms with van der Waals surface area (Å²) in [5.41, 5.74) is -0.587. The molecule has 1 unspecified atom stereocenters. The zero-order chi connectivity index (χ0) is 28.2. The molecule has 6 rings (SSSR count). The number of rotatable bonds is 6. The van der Waals surface area contributed by atoms with Crippen LogP contribution in [0.4, 0.5) is 5.69 Å². The van der Waals surface area contributed by atoms with Crippen LogP contribution in [0, 0.1) is 17.8 Å². The Morgan fingerprint density at radius 2 is 1.77 bits per heavy atom. The zero-order valence-corrected chi connectivity index (χ0v) is 23.3. The Morgan fingerprint density at radius 1 is 1.00 bits per heavy atom. The minimum atomic E-state index is -1.31. The second-order valence-electron chi connectivity index (χ2n) is 11.7. The third kappa shape index (κ3) is 3.91. The van der Waals surface area contributed by atoms with Crippen molar-refractivity contribution in [3.8, 4) is 0 Å². The van der Waals surface area contributed by atoms with Gasteiger partial charge in [0.2, 0.25) is 11.8 Å². The van der Waals surface area contributed by atoms with Crippen molar-refractivity contribution in [3.05, 3.63) is 66.8 Å². The van der Waals surface area contributed by atoms with Crippen molar-refractivity contribution in [3.63, 3.8) is 0 Å². The molecule has 4 aliphatic heterocycles. The quantitative estimate of drug-likeness (QED) is 0.566. The highest BCUT2D eigenvalue weighted by Gasteiger charge is 2.72. The van der Waals surface area contributed by atoms with Crippen molar-refractivity contribution in [2.75, 3.05) is 31.1 Å². The first-order valence-electron chi connectivity index (χ1n) is 14.4. The Morgan fingerprint density at radius 3 is 2.50 bits per heavy atom. The predicted octanol–water partition coefficient (Wildman–Crippen LogP) is 3.15. The molecule has 4 heterocycles. The van der Waals surface area contributed by atoms with E-state index >= 15 is 0 Å². The van der Waals surface area contributed by atoms with Crippen LogP contribution in [0.5, 0.6) is 0 Å². The number of anilines is 1. The van der Waals surface area contributed by atoms with Gasteiger partial charge in [-0.2, -0.15) is 0 Å². The molecule has 6 atom stereocenters. The topological polar surface area (TPSA) is 90.4 Å². The summed E-state index contributed by atoms with van der Waals surface area (Å²) in [7, 11) is 0. The fraction of sp³-hybridized carbons (Fsp3) is 0.469. The number of likely N-dealkylation sites (tertiary alicyclic amines) is 1. The number of nitrogens with zero attached hydrogens (tertiary/aromatic N) is 3. The molecule has 0 bridgehead atoms. The van der Waals surface area contributed by atoms with Gasteiger partial charge in [0, 0.05) is 25.3 Å². The van der Waals surface area contributed by atoms with Crippen LogP contribution in [-0.4, -0.2) is 82.7 Å². The summed E-state index contributed by atoms with van der Waals surface area (Å²) in [5.74, 6) is -2.40. The number of hydrogen-bond donors (Lipinski definition) is 1. The third-order valence-electron chi connectivity index (χ3n) is 9.03. The van der Waals surface area contributed by atoms with Crippen LogP contribution in [0.3, 0.4) is 0 Å². The average Bonchev–Trinajstić information content (AvgIpc) is 3.26. The fourth-order valence-corrected chi connectivity index (χ4v) is 7.15. The molecule has 40 heavy (non-hydrogen) atoms. The minimum Gasteiger partial charge on any atom is -0.394 e. The van der Waals surface area contributed by atoms with Crippen LogP contribution in [0.1, 0.15) is 27.2 Å². The number of benzene rings is 2. The molecule has 0 aromatic heterocycles. The number of aliphatic hydroxyl groups excluding tert-OH is 1. The maximum absolute atomic E-state index is 14.6. The van der Waals surface area contributed by atoms with Crippen molar-refractivity contribution in [2.45, 2.75) is 51.0 Å². The van der Waals surface area contributed by atoms with E-state index in [1.165, 1.54) is 0 Å². The monoisotopic (exact) mass is 543 g/mol. The van der Waals surface area contributed by atoms with Gasteiger partial charge in [-0.3, -0.25) is 14.4 Å². The molecule has 8 heteroatoms. The van der Waals surface area contributed by atoms with Gasteiger partial charge in [0.1, 0.15) is 11.6 Å². The largest absolute Gasteiger partial charge is 0.394 e. The third-order valence-corrected chi connectivity index (χ3v) is 9.03. The molecule has 3 amide bonds. The molecular formula is C32H37N3O5. The molecule has 2 aromatic rings. The van der Waals surface area contributed by atoms with Crippen molar-refractivity contribution < 1.29 is 24.2 Å². The summed E-state index contributed by atoms with van der Waals surface area (Å²) in [6, 6.07) is 12.3. The van der Waals surface area contributed by atoms with Gasteiger partial charge in [-0.05, 0) is 35.2 Å². The van der Waals surface area contributed by atoms with Gasteiger partial charge in [-0.15, -0.1) is 0 Å². The average molecular weight is 544 g/mol. The minimum absolute atomic E-state index is 0.115. The van der Waals surface area contributed by atoms with E-state index in [1.54, 1.807) is 14.7 Å². The van der Waals surface area contributed by atoms with E-state index < -0.39 is 35.6 Å². The number of hydrogen-bond acceptors (Lipinski definition) is 5. The highest BCUT2D eigenvalue weighted by molar-refractivity contribution is 6.06. The van der Waals surface area contributed by atoms with Gasteiger partial charge in [0.05, 0.1) is 30.6 Å². The predicted molar refractivity (Wildman–Crippen MR) is 152 cm³/mol. The van der Waals surface area contributed by atoms with E-state index in [1.807, 2.05) is 87.5 Å². The van der Waals surface area contributed by atoms with Crippen LogP contribution in [0.15, 0.2) is 66.8 Å². The van der Waals surface area contributed by atoms with Gasteiger partial charge in [0.15, 0.2) is 0 Å². The maximum Gasteiger partial charge on any atom is 0.253 e.